The number of aliphatic hydroxyl groups is 11. The van der Waals surface area contributed by atoms with Crippen LogP contribution in [0.1, 0.15) is 168 Å². The lowest BCUT2D eigenvalue weighted by Gasteiger charge is -2.48. The van der Waals surface area contributed by atoms with Gasteiger partial charge in [-0.1, -0.05) is 182 Å². The lowest BCUT2D eigenvalue weighted by Crippen LogP contribution is -2.66. The Morgan fingerprint density at radius 3 is 1.30 bits per heavy atom. The smallest absolute Gasteiger partial charge is 0.220 e. The van der Waals surface area contributed by atoms with Gasteiger partial charge in [0.2, 0.25) is 5.91 Å². The lowest BCUT2D eigenvalue weighted by atomic mass is 9.96. The quantitative estimate of drug-likeness (QED) is 0.0241. The van der Waals surface area contributed by atoms with Crippen LogP contribution >= 0.6 is 0 Å². The minimum Gasteiger partial charge on any atom is -0.394 e. The zero-order valence-corrected chi connectivity index (χ0v) is 49.6. The molecular formula is C64H107NO18. The molecule has 0 aromatic rings. The average molecular weight is 1180 g/mol. The summed E-state index contributed by atoms with van der Waals surface area (Å²) in [5.41, 5.74) is 0. The maximum Gasteiger partial charge on any atom is 0.220 e. The molecule has 0 radical (unpaired) electrons. The molecule has 476 valence electrons. The van der Waals surface area contributed by atoms with Crippen molar-refractivity contribution in [3.63, 3.8) is 0 Å². The van der Waals surface area contributed by atoms with Gasteiger partial charge in [-0.05, 0) is 77.0 Å². The first-order chi connectivity index (χ1) is 40.3. The summed E-state index contributed by atoms with van der Waals surface area (Å²) in [4.78, 5) is 13.2. The van der Waals surface area contributed by atoms with E-state index >= 15 is 0 Å². The molecule has 1 amide bonds. The van der Waals surface area contributed by atoms with Gasteiger partial charge in [-0.15, -0.1) is 0 Å². The molecule has 3 aliphatic rings. The predicted molar refractivity (Wildman–Crippen MR) is 318 cm³/mol. The lowest BCUT2D eigenvalue weighted by molar-refractivity contribution is -0.379. The van der Waals surface area contributed by atoms with E-state index in [9.17, 15) is 61.0 Å². The van der Waals surface area contributed by atoms with Crippen molar-refractivity contribution in [1.82, 2.24) is 5.32 Å². The fourth-order valence-electron chi connectivity index (χ4n) is 9.82. The van der Waals surface area contributed by atoms with Crippen LogP contribution in [-0.4, -0.2) is 193 Å². The number of amides is 1. The van der Waals surface area contributed by atoms with Crippen molar-refractivity contribution < 1.29 is 89.4 Å². The molecule has 0 aromatic heterocycles. The first-order valence-electron chi connectivity index (χ1n) is 31.0. The Morgan fingerprint density at radius 2 is 0.831 bits per heavy atom. The normalized spacial score (nSPS) is 30.1. The second kappa shape index (κ2) is 45.9. The maximum atomic E-state index is 13.2. The Hall–Kier alpha value is -3.29. The van der Waals surface area contributed by atoms with Gasteiger partial charge in [0.25, 0.3) is 0 Å². The summed E-state index contributed by atoms with van der Waals surface area (Å²) >= 11 is 0. The van der Waals surface area contributed by atoms with Gasteiger partial charge in [-0.2, -0.15) is 0 Å². The number of hydrogen-bond donors (Lipinski definition) is 12. The first kappa shape index (κ1) is 74.0. The zero-order valence-electron chi connectivity index (χ0n) is 49.6. The fraction of sp³-hybridized carbons (Fsp3) is 0.734. The van der Waals surface area contributed by atoms with Crippen LogP contribution in [-0.2, 0) is 33.2 Å². The van der Waals surface area contributed by atoms with Gasteiger partial charge in [-0.3, -0.25) is 4.79 Å². The van der Waals surface area contributed by atoms with Crippen molar-refractivity contribution in [3.8, 4) is 0 Å². The molecule has 0 aromatic carbocycles. The number of aliphatic hydroxyl groups excluding tert-OH is 11. The zero-order chi connectivity index (χ0) is 60.5. The van der Waals surface area contributed by atoms with E-state index in [1.54, 1.807) is 6.08 Å². The van der Waals surface area contributed by atoms with Crippen molar-refractivity contribution >= 4 is 5.91 Å². The number of ether oxygens (including phenoxy) is 6. The molecule has 3 heterocycles. The van der Waals surface area contributed by atoms with Crippen LogP contribution in [0.2, 0.25) is 0 Å². The van der Waals surface area contributed by atoms with Crippen molar-refractivity contribution in [2.45, 2.75) is 272 Å². The minimum atomic E-state index is -1.98. The van der Waals surface area contributed by atoms with E-state index in [1.165, 1.54) is 38.5 Å². The summed E-state index contributed by atoms with van der Waals surface area (Å²) in [7, 11) is 0. The summed E-state index contributed by atoms with van der Waals surface area (Å²) in [5.74, 6) is -0.292. The molecule has 17 unspecified atom stereocenters. The second-order valence-electron chi connectivity index (χ2n) is 21.8. The third kappa shape index (κ3) is 29.3. The second-order valence-corrected chi connectivity index (χ2v) is 21.8. The van der Waals surface area contributed by atoms with Gasteiger partial charge in [0.05, 0.1) is 38.6 Å². The van der Waals surface area contributed by atoms with Gasteiger partial charge in [0.1, 0.15) is 73.2 Å². The number of carbonyl (C=O) groups excluding carboxylic acids is 1. The molecule has 17 atom stereocenters. The Labute approximate surface area is 494 Å². The molecular weight excluding hydrogens is 1070 g/mol. The summed E-state index contributed by atoms with van der Waals surface area (Å²) in [6, 6.07) is -0.976. The van der Waals surface area contributed by atoms with Crippen molar-refractivity contribution in [3.05, 3.63) is 97.2 Å². The third-order valence-electron chi connectivity index (χ3n) is 14.9. The molecule has 19 heteroatoms. The first-order valence-corrected chi connectivity index (χ1v) is 31.0. The number of nitrogens with one attached hydrogen (secondary N) is 1. The Kier molecular flexibility index (Phi) is 40.9. The van der Waals surface area contributed by atoms with E-state index in [0.29, 0.717) is 6.42 Å². The Morgan fingerprint density at radius 1 is 0.446 bits per heavy atom. The van der Waals surface area contributed by atoms with E-state index < -0.39 is 124 Å². The highest BCUT2D eigenvalue weighted by molar-refractivity contribution is 5.76. The molecule has 0 bridgehead atoms. The van der Waals surface area contributed by atoms with Crippen LogP contribution in [0, 0.1) is 0 Å². The minimum absolute atomic E-state index is 0.232. The molecule has 0 aliphatic carbocycles. The summed E-state index contributed by atoms with van der Waals surface area (Å²) in [6.07, 6.45) is 31.9. The third-order valence-corrected chi connectivity index (χ3v) is 14.9. The van der Waals surface area contributed by atoms with Crippen LogP contribution in [0.15, 0.2) is 97.2 Å². The van der Waals surface area contributed by atoms with E-state index in [2.05, 4.69) is 104 Å². The van der Waals surface area contributed by atoms with Crippen LogP contribution in [0.5, 0.6) is 0 Å². The van der Waals surface area contributed by atoms with E-state index in [0.717, 1.165) is 103 Å². The largest absolute Gasteiger partial charge is 0.394 e. The number of hydrogen-bond acceptors (Lipinski definition) is 18. The highest BCUT2D eigenvalue weighted by atomic mass is 16.8. The molecule has 3 aliphatic heterocycles. The number of allylic oxidation sites excluding steroid dienone is 15. The highest BCUT2D eigenvalue weighted by Crippen LogP contribution is 2.33. The van der Waals surface area contributed by atoms with Crippen LogP contribution in [0.3, 0.4) is 0 Å². The van der Waals surface area contributed by atoms with Gasteiger partial charge in [0.15, 0.2) is 18.9 Å². The molecule has 3 fully saturated rings. The molecule has 3 rings (SSSR count). The molecule has 12 N–H and O–H groups in total. The molecule has 0 spiro atoms. The monoisotopic (exact) mass is 1180 g/mol. The summed E-state index contributed by atoms with van der Waals surface area (Å²) < 4.78 is 34.1. The molecule has 3 saturated heterocycles. The standard InChI is InChI=1S/C64H107NO18/c1-3-5-7-9-10-11-12-13-14-15-16-17-18-19-20-21-22-23-24-25-26-27-28-29-30-31-32-33-34-35-36-38-40-42-52(70)65-47(48(69)41-39-37-8-6-4-2)46-78-62-58(76)55(73)60(50(44-67)80-62)83-64-59(77)56(74)61(51(45-68)81-64)82-63-57(75)54(72)53(71)49(43-66)79-63/h5,7,10-11,13-14,16-17,19-20,22-23,25-26,39,41,47-51,53-64,66-69,71-77H,3-4,6,8-9,12,15,18,21,24,27-38,40,42-46H2,1-2H3,(H,65,70)/b7-5-,11-10-,14-13-,17-16-,20-19-,23-22-,26-25-,41-39+. The molecule has 19 nitrogen and oxygen atoms in total. The summed E-state index contributed by atoms with van der Waals surface area (Å²) in [5, 5.41) is 119. The van der Waals surface area contributed by atoms with E-state index in [-0.39, 0.29) is 18.9 Å². The van der Waals surface area contributed by atoms with E-state index in [1.807, 2.05) is 6.08 Å². The number of rotatable bonds is 44. The van der Waals surface area contributed by atoms with E-state index in [4.69, 9.17) is 28.4 Å². The topological polar surface area (TPSA) is 307 Å². The summed E-state index contributed by atoms with van der Waals surface area (Å²) in [6.45, 7) is 1.45. The van der Waals surface area contributed by atoms with Gasteiger partial charge in [-0.25, -0.2) is 0 Å². The average Bonchev–Trinajstić information content (AvgIpc) is 3.52. The number of carbonyl (C=O) groups is 1. The van der Waals surface area contributed by atoms with Gasteiger partial charge < -0.3 is 89.9 Å². The van der Waals surface area contributed by atoms with Gasteiger partial charge in [0, 0.05) is 6.42 Å². The van der Waals surface area contributed by atoms with Crippen LogP contribution in [0.4, 0.5) is 0 Å². The van der Waals surface area contributed by atoms with Crippen molar-refractivity contribution in [2.24, 2.45) is 0 Å². The SMILES string of the molecule is CC/C=C\C/C=C\C/C=C\C/C=C\C/C=C\C/C=C\C/C=C\CCCCCCCCCCCCCC(=O)NC(COC1OC(CO)C(OC2OC(CO)C(OC3OC(CO)C(O)C(O)C3O)C(O)C2O)C(O)C1O)C(O)/C=C/CCCCC. The fourth-order valence-corrected chi connectivity index (χ4v) is 9.82. The highest BCUT2D eigenvalue weighted by Gasteiger charge is 2.53. The number of unbranched alkanes of at least 4 members (excludes halogenated alkanes) is 14. The predicted octanol–water partition coefficient (Wildman–Crippen LogP) is 6.15. The van der Waals surface area contributed by atoms with Crippen molar-refractivity contribution in [2.75, 3.05) is 26.4 Å². The molecule has 0 saturated carbocycles. The Bertz CT molecular complexity index is 1890. The Balaban J connectivity index is 1.31. The van der Waals surface area contributed by atoms with Crippen LogP contribution in [0.25, 0.3) is 0 Å². The van der Waals surface area contributed by atoms with Gasteiger partial charge >= 0.3 is 0 Å². The van der Waals surface area contributed by atoms with Crippen LogP contribution < -0.4 is 5.32 Å². The molecule has 83 heavy (non-hydrogen) atoms. The van der Waals surface area contributed by atoms with Crippen molar-refractivity contribution in [1.29, 1.82) is 0 Å². The maximum absolute atomic E-state index is 13.2.